The summed E-state index contributed by atoms with van der Waals surface area (Å²) in [7, 11) is 0. The Morgan fingerprint density at radius 1 is 1.54 bits per heavy atom. The van der Waals surface area contributed by atoms with Crippen molar-refractivity contribution in [3.05, 3.63) is 22.3 Å². The van der Waals surface area contributed by atoms with E-state index in [1.165, 1.54) is 24.8 Å². The highest BCUT2D eigenvalue weighted by molar-refractivity contribution is 9.10. The molecular weight excluding hydrogens is 228 g/mol. The Morgan fingerprint density at radius 2 is 2.31 bits per heavy atom. The molecule has 0 unspecified atom stereocenters. The molecule has 1 saturated carbocycles. The van der Waals surface area contributed by atoms with Gasteiger partial charge in [-0.2, -0.15) is 0 Å². The lowest BCUT2D eigenvalue weighted by Gasteiger charge is -2.27. The van der Waals surface area contributed by atoms with E-state index in [0.29, 0.717) is 6.04 Å². The third kappa shape index (κ3) is 2.02. The van der Waals surface area contributed by atoms with Crippen LogP contribution in [0.4, 0.5) is 5.82 Å². The average molecular weight is 241 g/mol. The lowest BCUT2D eigenvalue weighted by atomic mass is 9.93. The van der Waals surface area contributed by atoms with Crippen molar-refractivity contribution < 1.29 is 0 Å². The van der Waals surface area contributed by atoms with Crippen molar-refractivity contribution in [1.82, 2.24) is 4.98 Å². The predicted molar refractivity (Wildman–Crippen MR) is 57.9 cm³/mol. The fourth-order valence-corrected chi connectivity index (χ4v) is 1.96. The van der Waals surface area contributed by atoms with Crippen molar-refractivity contribution >= 4 is 21.7 Å². The van der Waals surface area contributed by atoms with Crippen LogP contribution >= 0.6 is 15.9 Å². The molecule has 0 saturated heterocycles. The number of hydrogen-bond donors (Lipinski definition) is 1. The van der Waals surface area contributed by atoms with Crippen LogP contribution in [-0.4, -0.2) is 11.0 Å². The SMILES string of the molecule is Cc1cnc(NC2CCC2)c(Br)c1. The number of halogens is 1. The first kappa shape index (κ1) is 9.00. The van der Waals surface area contributed by atoms with Gasteiger partial charge in [0.1, 0.15) is 5.82 Å². The number of rotatable bonds is 2. The molecule has 1 aliphatic carbocycles. The zero-order chi connectivity index (χ0) is 9.26. The quantitative estimate of drug-likeness (QED) is 0.860. The molecule has 1 aromatic rings. The van der Waals surface area contributed by atoms with Crippen LogP contribution in [0.25, 0.3) is 0 Å². The highest BCUT2D eigenvalue weighted by Gasteiger charge is 2.18. The molecule has 1 fully saturated rings. The van der Waals surface area contributed by atoms with E-state index in [1.807, 2.05) is 13.1 Å². The normalized spacial score (nSPS) is 16.8. The molecule has 1 N–H and O–H groups in total. The van der Waals surface area contributed by atoms with Crippen molar-refractivity contribution in [2.45, 2.75) is 32.2 Å². The van der Waals surface area contributed by atoms with Crippen LogP contribution < -0.4 is 5.32 Å². The number of nitrogens with zero attached hydrogens (tertiary/aromatic N) is 1. The van der Waals surface area contributed by atoms with Gasteiger partial charge in [-0.1, -0.05) is 0 Å². The van der Waals surface area contributed by atoms with Crippen LogP contribution in [0.15, 0.2) is 16.7 Å². The number of pyridine rings is 1. The molecule has 1 aliphatic rings. The van der Waals surface area contributed by atoms with E-state index in [9.17, 15) is 0 Å². The summed E-state index contributed by atoms with van der Waals surface area (Å²) in [6, 6.07) is 2.74. The molecule has 70 valence electrons. The van der Waals surface area contributed by atoms with Gasteiger partial charge in [-0.25, -0.2) is 4.98 Å². The molecule has 0 atom stereocenters. The third-order valence-corrected chi connectivity index (χ3v) is 3.03. The lowest BCUT2D eigenvalue weighted by molar-refractivity contribution is 0.444. The molecule has 0 amide bonds. The Hall–Kier alpha value is -0.570. The molecule has 2 nitrogen and oxygen atoms in total. The molecule has 13 heavy (non-hydrogen) atoms. The van der Waals surface area contributed by atoms with Crippen molar-refractivity contribution in [2.24, 2.45) is 0 Å². The van der Waals surface area contributed by atoms with Gasteiger partial charge in [-0.3, -0.25) is 0 Å². The third-order valence-electron chi connectivity index (χ3n) is 2.42. The van der Waals surface area contributed by atoms with Crippen LogP contribution in [0.1, 0.15) is 24.8 Å². The first-order valence-electron chi connectivity index (χ1n) is 4.64. The van der Waals surface area contributed by atoms with E-state index in [4.69, 9.17) is 0 Å². The Bertz CT molecular complexity index is 308. The van der Waals surface area contributed by atoms with Crippen molar-refractivity contribution in [1.29, 1.82) is 0 Å². The van der Waals surface area contributed by atoms with E-state index < -0.39 is 0 Å². The summed E-state index contributed by atoms with van der Waals surface area (Å²) in [5.41, 5.74) is 1.19. The lowest BCUT2D eigenvalue weighted by Crippen LogP contribution is -2.27. The Balaban J connectivity index is 2.10. The molecule has 0 aliphatic heterocycles. The number of aromatic nitrogens is 1. The largest absolute Gasteiger partial charge is 0.366 e. The number of anilines is 1. The molecule has 3 heteroatoms. The van der Waals surface area contributed by atoms with E-state index in [2.05, 4.69) is 32.3 Å². The minimum Gasteiger partial charge on any atom is -0.366 e. The first-order valence-corrected chi connectivity index (χ1v) is 5.43. The van der Waals surface area contributed by atoms with Crippen molar-refractivity contribution in [2.75, 3.05) is 5.32 Å². The summed E-state index contributed by atoms with van der Waals surface area (Å²) >= 11 is 3.50. The number of hydrogen-bond acceptors (Lipinski definition) is 2. The van der Waals surface area contributed by atoms with Crippen LogP contribution in [0.2, 0.25) is 0 Å². The molecule has 1 aromatic heterocycles. The second kappa shape index (κ2) is 3.66. The number of nitrogens with one attached hydrogen (secondary N) is 1. The summed E-state index contributed by atoms with van der Waals surface area (Å²) in [5.74, 6) is 0.982. The Labute approximate surface area is 86.9 Å². The first-order chi connectivity index (χ1) is 6.25. The predicted octanol–water partition coefficient (Wildman–Crippen LogP) is 3.12. The van der Waals surface area contributed by atoms with E-state index in [-0.39, 0.29) is 0 Å². The molecular formula is C10H13BrN2. The fourth-order valence-electron chi connectivity index (χ4n) is 1.39. The van der Waals surface area contributed by atoms with Gasteiger partial charge in [0.15, 0.2) is 0 Å². The molecule has 0 aromatic carbocycles. The maximum atomic E-state index is 4.34. The Kier molecular flexibility index (Phi) is 2.54. The Morgan fingerprint density at radius 3 is 2.85 bits per heavy atom. The molecule has 0 radical (unpaired) electrons. The van der Waals surface area contributed by atoms with Crippen molar-refractivity contribution in [3.63, 3.8) is 0 Å². The highest BCUT2D eigenvalue weighted by atomic mass is 79.9. The second-order valence-corrected chi connectivity index (χ2v) is 4.47. The monoisotopic (exact) mass is 240 g/mol. The smallest absolute Gasteiger partial charge is 0.140 e. The second-order valence-electron chi connectivity index (χ2n) is 3.62. The molecule has 1 heterocycles. The topological polar surface area (TPSA) is 24.9 Å². The van der Waals surface area contributed by atoms with Gasteiger partial charge in [0, 0.05) is 12.2 Å². The molecule has 0 spiro atoms. The summed E-state index contributed by atoms with van der Waals surface area (Å²) in [6.07, 6.45) is 5.80. The average Bonchev–Trinajstić information content (AvgIpc) is 1.99. The summed E-state index contributed by atoms with van der Waals surface area (Å²) in [5, 5.41) is 3.42. The zero-order valence-electron chi connectivity index (χ0n) is 7.68. The molecule has 2 rings (SSSR count). The van der Waals surface area contributed by atoms with Gasteiger partial charge in [0.05, 0.1) is 4.47 Å². The van der Waals surface area contributed by atoms with Crippen LogP contribution in [0.5, 0.6) is 0 Å². The van der Waals surface area contributed by atoms with Gasteiger partial charge < -0.3 is 5.32 Å². The highest BCUT2D eigenvalue weighted by Crippen LogP contribution is 2.26. The minimum atomic E-state index is 0.645. The summed E-state index contributed by atoms with van der Waals surface area (Å²) in [4.78, 5) is 4.34. The van der Waals surface area contributed by atoms with E-state index in [1.54, 1.807) is 0 Å². The van der Waals surface area contributed by atoms with Crippen LogP contribution in [0.3, 0.4) is 0 Å². The number of aryl methyl sites for hydroxylation is 1. The van der Waals surface area contributed by atoms with Gasteiger partial charge in [0.25, 0.3) is 0 Å². The minimum absolute atomic E-state index is 0.645. The fraction of sp³-hybridized carbons (Fsp3) is 0.500. The van der Waals surface area contributed by atoms with Crippen LogP contribution in [-0.2, 0) is 0 Å². The standard InChI is InChI=1S/C10H13BrN2/c1-7-5-9(11)10(12-6-7)13-8-3-2-4-8/h5-6,8H,2-4H2,1H3,(H,12,13). The summed E-state index contributed by atoms with van der Waals surface area (Å²) in [6.45, 7) is 2.05. The van der Waals surface area contributed by atoms with E-state index >= 15 is 0 Å². The van der Waals surface area contributed by atoms with Gasteiger partial charge in [0.2, 0.25) is 0 Å². The van der Waals surface area contributed by atoms with Gasteiger partial charge in [-0.15, -0.1) is 0 Å². The zero-order valence-corrected chi connectivity index (χ0v) is 9.26. The molecule has 0 bridgehead atoms. The van der Waals surface area contributed by atoms with Gasteiger partial charge in [-0.05, 0) is 53.7 Å². The maximum Gasteiger partial charge on any atom is 0.140 e. The van der Waals surface area contributed by atoms with Crippen molar-refractivity contribution in [3.8, 4) is 0 Å². The van der Waals surface area contributed by atoms with E-state index in [0.717, 1.165) is 10.3 Å². The maximum absolute atomic E-state index is 4.34. The summed E-state index contributed by atoms with van der Waals surface area (Å²) < 4.78 is 1.07. The van der Waals surface area contributed by atoms with Gasteiger partial charge >= 0.3 is 0 Å². The van der Waals surface area contributed by atoms with Crippen LogP contribution in [0, 0.1) is 6.92 Å².